The van der Waals surface area contributed by atoms with Gasteiger partial charge in [0, 0.05) is 11.4 Å². The second-order valence-corrected chi connectivity index (χ2v) is 6.07. The van der Waals surface area contributed by atoms with Gasteiger partial charge in [0.25, 0.3) is 0 Å². The number of alkyl halides is 3. The monoisotopic (exact) mass is 354 g/mol. The lowest BCUT2D eigenvalue weighted by molar-refractivity contribution is -0.137. The highest BCUT2D eigenvalue weighted by molar-refractivity contribution is 8.00. The first-order valence-electron chi connectivity index (χ1n) is 6.27. The zero-order valence-corrected chi connectivity index (χ0v) is 13.3. The van der Waals surface area contributed by atoms with E-state index in [0.717, 1.165) is 23.9 Å². The number of urea groups is 1. The molecule has 0 saturated carbocycles. The van der Waals surface area contributed by atoms with Gasteiger partial charge in [-0.3, -0.25) is 10.1 Å². The number of hydrogen-bond acceptors (Lipinski definition) is 3. The van der Waals surface area contributed by atoms with Gasteiger partial charge in [0.05, 0.1) is 15.8 Å². The van der Waals surface area contributed by atoms with Gasteiger partial charge >= 0.3 is 12.2 Å². The number of halogens is 4. The standard InChI is InChI=1S/C13H14ClF3N2O2S/c1-3-18-12(21)19-11(20)7(2)22-8-4-5-10(14)9(6-8)13(15,16)17/h4-7H,3H2,1-2H3,(H2,18,19,20,21)/t7-/m1/s1. The largest absolute Gasteiger partial charge is 0.417 e. The van der Waals surface area contributed by atoms with E-state index in [9.17, 15) is 22.8 Å². The molecule has 2 N–H and O–H groups in total. The van der Waals surface area contributed by atoms with Crippen molar-refractivity contribution >= 4 is 35.3 Å². The first kappa shape index (κ1) is 18.6. The highest BCUT2D eigenvalue weighted by Gasteiger charge is 2.33. The molecule has 1 aromatic rings. The Balaban J connectivity index is 2.78. The minimum Gasteiger partial charge on any atom is -0.338 e. The maximum Gasteiger partial charge on any atom is 0.417 e. The molecule has 9 heteroatoms. The van der Waals surface area contributed by atoms with E-state index in [1.165, 1.54) is 13.0 Å². The van der Waals surface area contributed by atoms with Crippen LogP contribution in [0.4, 0.5) is 18.0 Å². The first-order valence-corrected chi connectivity index (χ1v) is 7.53. The van der Waals surface area contributed by atoms with Crippen LogP contribution in [-0.2, 0) is 11.0 Å². The number of hydrogen-bond donors (Lipinski definition) is 2. The van der Waals surface area contributed by atoms with Crippen LogP contribution in [0, 0.1) is 0 Å². The summed E-state index contributed by atoms with van der Waals surface area (Å²) in [5.74, 6) is -0.598. The fraction of sp³-hybridized carbons (Fsp3) is 0.385. The number of carbonyl (C=O) groups excluding carboxylic acids is 2. The normalized spacial score (nSPS) is 12.6. The third-order valence-corrected chi connectivity index (χ3v) is 3.92. The lowest BCUT2D eigenvalue weighted by Gasteiger charge is -2.14. The number of nitrogens with one attached hydrogen (secondary N) is 2. The van der Waals surface area contributed by atoms with Crippen LogP contribution in [0.1, 0.15) is 19.4 Å². The number of rotatable bonds is 4. The Bertz CT molecular complexity index is 567. The van der Waals surface area contributed by atoms with Gasteiger partial charge in [-0.1, -0.05) is 11.6 Å². The average molecular weight is 355 g/mol. The van der Waals surface area contributed by atoms with Gasteiger partial charge in [-0.2, -0.15) is 13.2 Å². The van der Waals surface area contributed by atoms with Gasteiger partial charge in [-0.05, 0) is 32.0 Å². The van der Waals surface area contributed by atoms with Crippen LogP contribution >= 0.6 is 23.4 Å². The van der Waals surface area contributed by atoms with Gasteiger partial charge in [-0.25, -0.2) is 4.79 Å². The Hall–Kier alpha value is -1.41. The van der Waals surface area contributed by atoms with Crippen LogP contribution in [-0.4, -0.2) is 23.7 Å². The maximum absolute atomic E-state index is 12.8. The van der Waals surface area contributed by atoms with Crippen LogP contribution in [0.3, 0.4) is 0 Å². The van der Waals surface area contributed by atoms with Gasteiger partial charge in [-0.15, -0.1) is 11.8 Å². The summed E-state index contributed by atoms with van der Waals surface area (Å²) in [5.41, 5.74) is -0.962. The Morgan fingerprint density at radius 2 is 2.00 bits per heavy atom. The van der Waals surface area contributed by atoms with Crippen LogP contribution in [0.5, 0.6) is 0 Å². The zero-order valence-electron chi connectivity index (χ0n) is 11.8. The molecule has 3 amide bonds. The third-order valence-electron chi connectivity index (χ3n) is 2.50. The summed E-state index contributed by atoms with van der Waals surface area (Å²) >= 11 is 6.42. The summed E-state index contributed by atoms with van der Waals surface area (Å²) in [6.45, 7) is 3.53. The van der Waals surface area contributed by atoms with Crippen molar-refractivity contribution in [2.24, 2.45) is 0 Å². The summed E-state index contributed by atoms with van der Waals surface area (Å²) in [6, 6.07) is 2.74. The molecule has 0 fully saturated rings. The molecule has 0 aliphatic carbocycles. The van der Waals surface area contributed by atoms with Crippen molar-refractivity contribution in [3.05, 3.63) is 28.8 Å². The highest BCUT2D eigenvalue weighted by Crippen LogP contribution is 2.37. The second-order valence-electron chi connectivity index (χ2n) is 4.25. The van der Waals surface area contributed by atoms with Crippen LogP contribution < -0.4 is 10.6 Å². The quantitative estimate of drug-likeness (QED) is 0.811. The molecule has 0 saturated heterocycles. The minimum atomic E-state index is -4.57. The van der Waals surface area contributed by atoms with Gasteiger partial charge in [0.15, 0.2) is 0 Å². The smallest absolute Gasteiger partial charge is 0.338 e. The molecule has 22 heavy (non-hydrogen) atoms. The van der Waals surface area contributed by atoms with Crippen molar-refractivity contribution in [2.45, 2.75) is 30.2 Å². The molecule has 1 aromatic carbocycles. The van der Waals surface area contributed by atoms with Crippen molar-refractivity contribution in [3.63, 3.8) is 0 Å². The molecular formula is C13H14ClF3N2O2S. The molecule has 0 spiro atoms. The Kier molecular flexibility index (Phi) is 6.55. The van der Waals surface area contributed by atoms with Crippen LogP contribution in [0.25, 0.3) is 0 Å². The van der Waals surface area contributed by atoms with Gasteiger partial charge in [0.2, 0.25) is 5.91 Å². The molecule has 1 rings (SSSR count). The van der Waals surface area contributed by atoms with E-state index < -0.39 is 34.0 Å². The first-order chi connectivity index (χ1) is 10.1. The molecule has 0 bridgehead atoms. The summed E-state index contributed by atoms with van der Waals surface area (Å²) in [7, 11) is 0. The summed E-state index contributed by atoms with van der Waals surface area (Å²) < 4.78 is 38.3. The summed E-state index contributed by atoms with van der Waals surface area (Å²) in [4.78, 5) is 23.2. The molecule has 1 atom stereocenters. The van der Waals surface area contributed by atoms with Gasteiger partial charge < -0.3 is 5.32 Å². The molecule has 0 aromatic heterocycles. The zero-order chi connectivity index (χ0) is 16.9. The lowest BCUT2D eigenvalue weighted by Crippen LogP contribution is -2.42. The highest BCUT2D eigenvalue weighted by atomic mass is 35.5. The van der Waals surface area contributed by atoms with Gasteiger partial charge in [0.1, 0.15) is 0 Å². The second kappa shape index (κ2) is 7.73. The molecule has 0 radical (unpaired) electrons. The fourth-order valence-electron chi connectivity index (χ4n) is 1.47. The van der Waals surface area contributed by atoms with Crippen LogP contribution in [0.2, 0.25) is 5.02 Å². The fourth-order valence-corrected chi connectivity index (χ4v) is 2.60. The Morgan fingerprint density at radius 3 is 2.55 bits per heavy atom. The number of amides is 3. The van der Waals surface area contributed by atoms with E-state index >= 15 is 0 Å². The van der Waals surface area contributed by atoms with Crippen molar-refractivity contribution in [3.8, 4) is 0 Å². The number of thioether (sulfide) groups is 1. The third kappa shape index (κ3) is 5.42. The average Bonchev–Trinajstić information content (AvgIpc) is 2.39. The molecular weight excluding hydrogens is 341 g/mol. The van der Waals surface area contributed by atoms with E-state index in [1.54, 1.807) is 6.92 Å². The van der Waals surface area contributed by atoms with E-state index in [0.29, 0.717) is 6.54 Å². The SMILES string of the molecule is CCNC(=O)NC(=O)[C@@H](C)Sc1ccc(Cl)c(C(F)(F)F)c1. The molecule has 0 aliphatic rings. The van der Waals surface area contributed by atoms with Crippen LogP contribution in [0.15, 0.2) is 23.1 Å². The van der Waals surface area contributed by atoms with Crippen molar-refractivity contribution in [2.75, 3.05) is 6.54 Å². The number of imide groups is 1. The summed E-state index contributed by atoms with van der Waals surface area (Å²) in [6.07, 6.45) is -4.57. The van der Waals surface area contributed by atoms with Crippen molar-refractivity contribution in [1.29, 1.82) is 0 Å². The predicted octanol–water partition coefficient (Wildman–Crippen LogP) is 3.69. The number of carbonyl (C=O) groups is 2. The summed E-state index contributed by atoms with van der Waals surface area (Å²) in [5, 5.41) is 3.33. The molecule has 4 nitrogen and oxygen atoms in total. The van der Waals surface area contributed by atoms with Crippen molar-refractivity contribution in [1.82, 2.24) is 10.6 Å². The maximum atomic E-state index is 12.8. The lowest BCUT2D eigenvalue weighted by atomic mass is 10.2. The van der Waals surface area contributed by atoms with E-state index in [2.05, 4.69) is 10.6 Å². The van der Waals surface area contributed by atoms with E-state index in [1.807, 2.05) is 0 Å². The number of benzene rings is 1. The van der Waals surface area contributed by atoms with E-state index in [-0.39, 0.29) is 4.90 Å². The topological polar surface area (TPSA) is 58.2 Å². The molecule has 0 heterocycles. The molecule has 0 unspecified atom stereocenters. The molecule has 0 aliphatic heterocycles. The Morgan fingerprint density at radius 1 is 1.36 bits per heavy atom. The molecule has 122 valence electrons. The minimum absolute atomic E-state index is 0.232. The van der Waals surface area contributed by atoms with E-state index in [4.69, 9.17) is 11.6 Å². The predicted molar refractivity (Wildman–Crippen MR) is 79.0 cm³/mol. The van der Waals surface area contributed by atoms with Crippen molar-refractivity contribution < 1.29 is 22.8 Å². The Labute approximate surface area is 134 Å².